The molecule has 0 atom stereocenters. The Bertz CT molecular complexity index is 1470. The highest BCUT2D eigenvalue weighted by molar-refractivity contribution is 5.97. The molecule has 0 fully saturated rings. The normalized spacial score (nSPS) is 11.1. The average Bonchev–Trinajstić information content (AvgIpc) is 3.42. The number of benzene rings is 2. The number of pyridine rings is 1. The number of rotatable bonds is 6. The third kappa shape index (κ3) is 4.08. The van der Waals surface area contributed by atoms with Crippen molar-refractivity contribution in [2.24, 2.45) is 7.05 Å². The number of hydrogen-bond acceptors (Lipinski definition) is 4. The lowest BCUT2D eigenvalue weighted by Gasteiger charge is -2.24. The topological polar surface area (TPSA) is 68.8 Å². The van der Waals surface area contributed by atoms with Crippen molar-refractivity contribution in [2.75, 3.05) is 0 Å². The second-order valence-electron chi connectivity index (χ2n) is 8.41. The molecule has 0 radical (unpaired) electrons. The summed E-state index contributed by atoms with van der Waals surface area (Å²) in [6.07, 6.45) is 3.53. The van der Waals surface area contributed by atoms with E-state index in [1.54, 1.807) is 12.4 Å². The average molecular weight is 451 g/mol. The predicted molar refractivity (Wildman–Crippen MR) is 132 cm³/mol. The molecule has 0 aliphatic heterocycles. The van der Waals surface area contributed by atoms with Gasteiger partial charge in [0.15, 0.2) is 0 Å². The second-order valence-corrected chi connectivity index (χ2v) is 8.41. The van der Waals surface area contributed by atoms with E-state index in [4.69, 9.17) is 0 Å². The van der Waals surface area contributed by atoms with E-state index in [9.17, 15) is 4.79 Å². The highest BCUT2D eigenvalue weighted by atomic mass is 16.2. The maximum absolute atomic E-state index is 13.8. The van der Waals surface area contributed by atoms with Crippen molar-refractivity contribution in [1.82, 2.24) is 29.4 Å². The first-order valence-corrected chi connectivity index (χ1v) is 11.2. The minimum absolute atomic E-state index is 0.0470. The van der Waals surface area contributed by atoms with Crippen molar-refractivity contribution in [2.45, 2.75) is 26.9 Å². The number of para-hydroxylation sites is 1. The molecule has 2 aromatic carbocycles. The summed E-state index contributed by atoms with van der Waals surface area (Å²) in [5.41, 5.74) is 6.43. The molecule has 1 amide bonds. The van der Waals surface area contributed by atoms with Crippen molar-refractivity contribution in [3.63, 3.8) is 0 Å². The summed E-state index contributed by atoms with van der Waals surface area (Å²) >= 11 is 0. The highest BCUT2D eigenvalue weighted by Gasteiger charge is 2.22. The molecule has 7 nitrogen and oxygen atoms in total. The molecular weight excluding hydrogens is 424 g/mol. The first-order chi connectivity index (χ1) is 16.5. The third-order valence-corrected chi connectivity index (χ3v) is 6.22. The SMILES string of the molecule is Cc1nn(C)c(C)c1CN(Cc1ccnn1-c1ccccc1)C(=O)c1ccc2ncccc2c1. The van der Waals surface area contributed by atoms with E-state index in [-0.39, 0.29) is 5.91 Å². The van der Waals surface area contributed by atoms with E-state index in [0.717, 1.165) is 39.2 Å². The van der Waals surface area contributed by atoms with Crippen LogP contribution in [0.3, 0.4) is 0 Å². The summed E-state index contributed by atoms with van der Waals surface area (Å²) in [6.45, 7) is 4.89. The summed E-state index contributed by atoms with van der Waals surface area (Å²) in [4.78, 5) is 20.1. The van der Waals surface area contributed by atoms with Gasteiger partial charge in [0.25, 0.3) is 5.91 Å². The fourth-order valence-electron chi connectivity index (χ4n) is 4.28. The van der Waals surface area contributed by atoms with Crippen LogP contribution in [0.15, 0.2) is 79.1 Å². The number of carbonyl (C=O) groups is 1. The highest BCUT2D eigenvalue weighted by Crippen LogP contribution is 2.22. The van der Waals surface area contributed by atoms with E-state index >= 15 is 0 Å². The predicted octanol–water partition coefficient (Wildman–Crippen LogP) is 4.61. The molecule has 0 N–H and O–H groups in total. The van der Waals surface area contributed by atoms with Crippen LogP contribution in [-0.4, -0.2) is 35.4 Å². The van der Waals surface area contributed by atoms with Gasteiger partial charge in [-0.1, -0.05) is 24.3 Å². The standard InChI is InChI=1S/C27H26N6O/c1-19-25(20(2)31(3)30-19)18-32(17-24-13-15-29-33(24)23-9-5-4-6-10-23)27(34)22-11-12-26-21(16-22)8-7-14-28-26/h4-16H,17-18H2,1-3H3. The van der Waals surface area contributed by atoms with Gasteiger partial charge in [-0.25, -0.2) is 4.68 Å². The van der Waals surface area contributed by atoms with Crippen LogP contribution in [-0.2, 0) is 20.1 Å². The zero-order valence-electron chi connectivity index (χ0n) is 19.5. The molecule has 5 aromatic rings. The van der Waals surface area contributed by atoms with Gasteiger partial charge in [-0.3, -0.25) is 14.5 Å². The number of carbonyl (C=O) groups excluding carboxylic acids is 1. The Balaban J connectivity index is 1.53. The fourth-order valence-corrected chi connectivity index (χ4v) is 4.28. The van der Waals surface area contributed by atoms with Crippen molar-refractivity contribution in [3.8, 4) is 5.69 Å². The van der Waals surface area contributed by atoms with Gasteiger partial charge in [-0.15, -0.1) is 0 Å². The van der Waals surface area contributed by atoms with Gasteiger partial charge in [0.1, 0.15) is 0 Å². The molecule has 0 saturated heterocycles. The molecule has 0 aliphatic rings. The zero-order valence-corrected chi connectivity index (χ0v) is 19.5. The maximum atomic E-state index is 13.8. The molecule has 34 heavy (non-hydrogen) atoms. The van der Waals surface area contributed by atoms with Gasteiger partial charge >= 0.3 is 0 Å². The van der Waals surface area contributed by atoms with Crippen LogP contribution < -0.4 is 0 Å². The Labute approximate surface area is 198 Å². The minimum atomic E-state index is -0.0470. The minimum Gasteiger partial charge on any atom is -0.328 e. The van der Waals surface area contributed by atoms with E-state index in [0.29, 0.717) is 18.7 Å². The third-order valence-electron chi connectivity index (χ3n) is 6.22. The first-order valence-electron chi connectivity index (χ1n) is 11.2. The van der Waals surface area contributed by atoms with Crippen LogP contribution in [0.1, 0.15) is 33.0 Å². The fraction of sp³-hybridized carbons (Fsp3) is 0.185. The molecule has 0 spiro atoms. The Morgan fingerprint density at radius 1 is 0.941 bits per heavy atom. The molecule has 0 bridgehead atoms. The Morgan fingerprint density at radius 2 is 1.76 bits per heavy atom. The van der Waals surface area contributed by atoms with Crippen LogP contribution in [0.4, 0.5) is 0 Å². The van der Waals surface area contributed by atoms with Gasteiger partial charge in [0.05, 0.1) is 35.7 Å². The van der Waals surface area contributed by atoms with E-state index in [1.807, 2.05) is 102 Å². The number of aryl methyl sites for hydroxylation is 2. The van der Waals surface area contributed by atoms with Gasteiger partial charge in [-0.05, 0) is 56.3 Å². The molecule has 7 heteroatoms. The van der Waals surface area contributed by atoms with Gasteiger partial charge in [0, 0.05) is 41.6 Å². The molecule has 0 saturated carbocycles. The number of nitrogens with zero attached hydrogens (tertiary/aromatic N) is 6. The Kier molecular flexibility index (Phi) is 5.67. The lowest BCUT2D eigenvalue weighted by atomic mass is 10.1. The van der Waals surface area contributed by atoms with Crippen LogP contribution in [0, 0.1) is 13.8 Å². The maximum Gasteiger partial charge on any atom is 0.254 e. The van der Waals surface area contributed by atoms with Gasteiger partial charge in [-0.2, -0.15) is 10.2 Å². The number of amides is 1. The van der Waals surface area contributed by atoms with Crippen molar-refractivity contribution >= 4 is 16.8 Å². The zero-order chi connectivity index (χ0) is 23.7. The first kappa shape index (κ1) is 21.6. The van der Waals surface area contributed by atoms with Crippen LogP contribution >= 0.6 is 0 Å². The molecular formula is C27H26N6O. The number of aromatic nitrogens is 5. The summed E-state index contributed by atoms with van der Waals surface area (Å²) < 4.78 is 3.75. The van der Waals surface area contributed by atoms with Crippen molar-refractivity contribution < 1.29 is 4.79 Å². The lowest BCUT2D eigenvalue weighted by molar-refractivity contribution is 0.0726. The number of hydrogen-bond donors (Lipinski definition) is 0. The summed E-state index contributed by atoms with van der Waals surface area (Å²) in [6, 6.07) is 21.4. The largest absolute Gasteiger partial charge is 0.328 e. The van der Waals surface area contributed by atoms with Crippen molar-refractivity contribution in [1.29, 1.82) is 0 Å². The van der Waals surface area contributed by atoms with Crippen LogP contribution in [0.2, 0.25) is 0 Å². The molecule has 3 heterocycles. The summed E-state index contributed by atoms with van der Waals surface area (Å²) in [7, 11) is 1.93. The summed E-state index contributed by atoms with van der Waals surface area (Å²) in [5, 5.41) is 10.0. The van der Waals surface area contributed by atoms with Crippen molar-refractivity contribution in [3.05, 3.63) is 107 Å². The second kappa shape index (κ2) is 8.94. The molecule has 170 valence electrons. The Hall–Kier alpha value is -4.26. The lowest BCUT2D eigenvalue weighted by Crippen LogP contribution is -2.31. The number of fused-ring (bicyclic) bond motifs is 1. The quantitative estimate of drug-likeness (QED) is 0.379. The van der Waals surface area contributed by atoms with Crippen LogP contribution in [0.5, 0.6) is 0 Å². The summed E-state index contributed by atoms with van der Waals surface area (Å²) in [5.74, 6) is -0.0470. The molecule has 0 unspecified atom stereocenters. The van der Waals surface area contributed by atoms with E-state index in [2.05, 4.69) is 15.2 Å². The van der Waals surface area contributed by atoms with Crippen LogP contribution in [0.25, 0.3) is 16.6 Å². The van der Waals surface area contributed by atoms with E-state index in [1.165, 1.54) is 0 Å². The molecule has 0 aliphatic carbocycles. The monoisotopic (exact) mass is 450 g/mol. The van der Waals surface area contributed by atoms with E-state index < -0.39 is 0 Å². The molecule has 5 rings (SSSR count). The Morgan fingerprint density at radius 3 is 2.53 bits per heavy atom. The van der Waals surface area contributed by atoms with Gasteiger partial charge in [0.2, 0.25) is 0 Å². The van der Waals surface area contributed by atoms with Gasteiger partial charge < -0.3 is 4.90 Å². The molecule has 3 aromatic heterocycles. The smallest absolute Gasteiger partial charge is 0.254 e.